The fraction of sp³-hybridized carbons (Fsp3) is 0.200. The van der Waals surface area contributed by atoms with E-state index in [9.17, 15) is 14.4 Å². The first-order chi connectivity index (χ1) is 8.40. The number of anilines is 1. The van der Waals surface area contributed by atoms with E-state index in [0.29, 0.717) is 0 Å². The van der Waals surface area contributed by atoms with Gasteiger partial charge in [-0.15, -0.1) is 0 Å². The normalized spacial score (nSPS) is 9.61. The Balaban J connectivity index is 2.72. The number of nitrogens with one attached hydrogen (secondary N) is 1. The van der Waals surface area contributed by atoms with Crippen LogP contribution >= 0.6 is 0 Å². The van der Waals surface area contributed by atoms with Crippen LogP contribution < -0.4 is 11.1 Å². The number of urea groups is 1. The maximum Gasteiger partial charge on any atom is 0.337 e. The molecule has 0 aliphatic carbocycles. The van der Waals surface area contributed by atoms with Gasteiger partial charge in [0.05, 0.1) is 17.4 Å². The van der Waals surface area contributed by atoms with Crippen molar-refractivity contribution in [1.29, 1.82) is 0 Å². The largest absolute Gasteiger partial charge is 0.478 e. The number of likely N-dealkylation sites (N-methyl/N-ethyl adjacent to an activating group) is 1. The maximum absolute atomic E-state index is 11.6. The van der Waals surface area contributed by atoms with Crippen LogP contribution in [0, 0.1) is 0 Å². The van der Waals surface area contributed by atoms with Gasteiger partial charge < -0.3 is 21.1 Å². The van der Waals surface area contributed by atoms with Crippen molar-refractivity contribution in [2.75, 3.05) is 18.9 Å². The standard InChI is InChI=1S/C10H12N4O4/c1-14(5-8(11)15)10(18)13-7-2-6(9(16)17)3-12-4-7/h2-4H,5H2,1H3,(H2,11,15)(H,13,18)(H,16,17). The highest BCUT2D eigenvalue weighted by atomic mass is 16.4. The van der Waals surface area contributed by atoms with Gasteiger partial charge in [-0.25, -0.2) is 9.59 Å². The number of aromatic nitrogens is 1. The van der Waals surface area contributed by atoms with Gasteiger partial charge in [-0.05, 0) is 6.07 Å². The molecule has 1 heterocycles. The molecule has 96 valence electrons. The Morgan fingerprint density at radius 1 is 1.44 bits per heavy atom. The Bertz CT molecular complexity index is 489. The lowest BCUT2D eigenvalue weighted by Crippen LogP contribution is -2.38. The summed E-state index contributed by atoms with van der Waals surface area (Å²) in [7, 11) is 1.38. The molecule has 0 radical (unpaired) electrons. The van der Waals surface area contributed by atoms with Crippen molar-refractivity contribution in [3.63, 3.8) is 0 Å². The number of nitrogens with two attached hydrogens (primary N) is 1. The van der Waals surface area contributed by atoms with E-state index in [1.54, 1.807) is 0 Å². The van der Waals surface area contributed by atoms with Crippen molar-refractivity contribution in [3.05, 3.63) is 24.0 Å². The quantitative estimate of drug-likeness (QED) is 0.680. The van der Waals surface area contributed by atoms with Crippen LogP contribution in [0.15, 0.2) is 18.5 Å². The van der Waals surface area contributed by atoms with E-state index in [1.165, 1.54) is 19.3 Å². The van der Waals surface area contributed by atoms with Crippen molar-refractivity contribution in [3.8, 4) is 0 Å². The van der Waals surface area contributed by atoms with Crippen LogP contribution in [0.4, 0.5) is 10.5 Å². The molecule has 8 nitrogen and oxygen atoms in total. The first kappa shape index (κ1) is 13.4. The van der Waals surface area contributed by atoms with E-state index in [-0.39, 0.29) is 17.8 Å². The Labute approximate surface area is 102 Å². The summed E-state index contributed by atoms with van der Waals surface area (Å²) in [6, 6.07) is 0.670. The Morgan fingerprint density at radius 2 is 2.11 bits per heavy atom. The molecule has 0 aliphatic rings. The number of hydrogen-bond acceptors (Lipinski definition) is 4. The zero-order chi connectivity index (χ0) is 13.7. The molecule has 1 rings (SSSR count). The minimum absolute atomic E-state index is 0.0506. The number of nitrogens with zero attached hydrogens (tertiary/aromatic N) is 2. The van der Waals surface area contributed by atoms with Crippen LogP contribution in [0.25, 0.3) is 0 Å². The summed E-state index contributed by atoms with van der Waals surface area (Å²) in [5, 5.41) is 11.1. The Morgan fingerprint density at radius 3 is 2.67 bits per heavy atom. The fourth-order valence-electron chi connectivity index (χ4n) is 1.15. The number of rotatable bonds is 4. The summed E-state index contributed by atoms with van der Waals surface area (Å²) in [4.78, 5) is 37.6. The molecule has 0 fully saturated rings. The number of carboxylic acids is 1. The van der Waals surface area contributed by atoms with Gasteiger partial charge in [0, 0.05) is 13.2 Å². The molecule has 0 aromatic carbocycles. The van der Waals surface area contributed by atoms with Gasteiger partial charge in [0.1, 0.15) is 6.54 Å². The molecule has 0 saturated heterocycles. The fourth-order valence-corrected chi connectivity index (χ4v) is 1.15. The highest BCUT2D eigenvalue weighted by Gasteiger charge is 2.12. The number of aromatic carboxylic acids is 1. The summed E-state index contributed by atoms with van der Waals surface area (Å²) in [6.07, 6.45) is 2.45. The van der Waals surface area contributed by atoms with Gasteiger partial charge in [-0.3, -0.25) is 9.78 Å². The molecule has 1 aromatic rings. The van der Waals surface area contributed by atoms with E-state index in [1.807, 2.05) is 0 Å². The van der Waals surface area contributed by atoms with Gasteiger partial charge >= 0.3 is 12.0 Å². The van der Waals surface area contributed by atoms with Gasteiger partial charge in [0.15, 0.2) is 0 Å². The van der Waals surface area contributed by atoms with Crippen molar-refractivity contribution >= 4 is 23.6 Å². The Kier molecular flexibility index (Phi) is 4.19. The predicted octanol–water partition coefficient (Wildman–Crippen LogP) is -0.271. The third kappa shape index (κ3) is 3.74. The smallest absolute Gasteiger partial charge is 0.337 e. The predicted molar refractivity (Wildman–Crippen MR) is 62.0 cm³/mol. The molecule has 8 heteroatoms. The summed E-state index contributed by atoms with van der Waals surface area (Å²) in [5.41, 5.74) is 5.11. The van der Waals surface area contributed by atoms with Crippen LogP contribution in [0.5, 0.6) is 0 Å². The Hall–Kier alpha value is -2.64. The summed E-state index contributed by atoms with van der Waals surface area (Å²) in [6.45, 7) is -0.238. The minimum Gasteiger partial charge on any atom is -0.478 e. The second-order valence-electron chi connectivity index (χ2n) is 3.52. The molecule has 0 spiro atoms. The molecular weight excluding hydrogens is 240 g/mol. The first-order valence-electron chi connectivity index (χ1n) is 4.89. The number of amides is 3. The van der Waals surface area contributed by atoms with E-state index in [2.05, 4.69) is 10.3 Å². The summed E-state index contributed by atoms with van der Waals surface area (Å²) >= 11 is 0. The number of carbonyl (C=O) groups is 3. The van der Waals surface area contributed by atoms with E-state index >= 15 is 0 Å². The topological polar surface area (TPSA) is 126 Å². The SMILES string of the molecule is CN(CC(N)=O)C(=O)Nc1cncc(C(=O)O)c1. The van der Waals surface area contributed by atoms with Crippen molar-refractivity contribution in [2.45, 2.75) is 0 Å². The van der Waals surface area contributed by atoms with Crippen molar-refractivity contribution in [2.24, 2.45) is 5.73 Å². The number of pyridine rings is 1. The molecule has 4 N–H and O–H groups in total. The van der Waals surface area contributed by atoms with Crippen LogP contribution in [0.3, 0.4) is 0 Å². The lowest BCUT2D eigenvalue weighted by atomic mass is 10.2. The molecule has 1 aromatic heterocycles. The number of primary amides is 1. The van der Waals surface area contributed by atoms with E-state index < -0.39 is 17.9 Å². The van der Waals surface area contributed by atoms with Crippen LogP contribution in [0.1, 0.15) is 10.4 Å². The number of carboxylic acid groups (broad SMARTS) is 1. The zero-order valence-corrected chi connectivity index (χ0v) is 9.58. The van der Waals surface area contributed by atoms with Crippen molar-refractivity contribution in [1.82, 2.24) is 9.88 Å². The van der Waals surface area contributed by atoms with E-state index in [0.717, 1.165) is 11.1 Å². The second-order valence-corrected chi connectivity index (χ2v) is 3.52. The molecule has 3 amide bonds. The van der Waals surface area contributed by atoms with Gasteiger partial charge in [0.2, 0.25) is 5.91 Å². The third-order valence-corrected chi connectivity index (χ3v) is 1.98. The molecule has 0 atom stereocenters. The molecule has 0 aliphatic heterocycles. The molecular formula is C10H12N4O4. The zero-order valence-electron chi connectivity index (χ0n) is 9.58. The average molecular weight is 252 g/mol. The van der Waals surface area contributed by atoms with Crippen LogP contribution in [-0.4, -0.2) is 46.5 Å². The molecule has 18 heavy (non-hydrogen) atoms. The van der Waals surface area contributed by atoms with Crippen LogP contribution in [-0.2, 0) is 4.79 Å². The highest BCUT2D eigenvalue weighted by Crippen LogP contribution is 2.08. The summed E-state index contributed by atoms with van der Waals surface area (Å²) < 4.78 is 0. The third-order valence-electron chi connectivity index (χ3n) is 1.98. The first-order valence-corrected chi connectivity index (χ1v) is 4.89. The summed E-state index contributed by atoms with van der Waals surface area (Å²) in [5.74, 6) is -1.80. The number of hydrogen-bond donors (Lipinski definition) is 3. The van der Waals surface area contributed by atoms with Crippen LogP contribution in [0.2, 0.25) is 0 Å². The highest BCUT2D eigenvalue weighted by molar-refractivity contribution is 5.93. The molecule has 0 bridgehead atoms. The molecule has 0 unspecified atom stereocenters. The maximum atomic E-state index is 11.6. The van der Waals surface area contributed by atoms with Crippen molar-refractivity contribution < 1.29 is 19.5 Å². The second kappa shape index (κ2) is 5.62. The lowest BCUT2D eigenvalue weighted by molar-refractivity contribution is -0.118. The van der Waals surface area contributed by atoms with Gasteiger partial charge in [0.25, 0.3) is 0 Å². The van der Waals surface area contributed by atoms with E-state index in [4.69, 9.17) is 10.8 Å². The monoisotopic (exact) mass is 252 g/mol. The number of carbonyl (C=O) groups excluding carboxylic acids is 2. The average Bonchev–Trinajstić information content (AvgIpc) is 2.28. The minimum atomic E-state index is -1.15. The van der Waals surface area contributed by atoms with Gasteiger partial charge in [-0.1, -0.05) is 0 Å². The van der Waals surface area contributed by atoms with Gasteiger partial charge in [-0.2, -0.15) is 0 Å². The lowest BCUT2D eigenvalue weighted by Gasteiger charge is -2.15. The molecule has 0 saturated carbocycles.